The summed E-state index contributed by atoms with van der Waals surface area (Å²) in [6.45, 7) is 7.13. The molecule has 1 rings (SSSR count). The summed E-state index contributed by atoms with van der Waals surface area (Å²) in [7, 11) is -3.78. The zero-order valence-electron chi connectivity index (χ0n) is 14.5. The van der Waals surface area contributed by atoms with Crippen molar-refractivity contribution in [2.75, 3.05) is 11.3 Å². The average Bonchev–Trinajstić information content (AvgIpc) is 2.46. The highest BCUT2D eigenvalue weighted by Crippen LogP contribution is 2.27. The molecule has 0 aliphatic carbocycles. The van der Waals surface area contributed by atoms with Gasteiger partial charge in [0.2, 0.25) is 10.0 Å². The number of carbonyl (C=O) groups excluding carboxylic acids is 1. The minimum Gasteiger partial charge on any atom is -0.352 e. The van der Waals surface area contributed by atoms with Crippen LogP contribution in [0, 0.1) is 0 Å². The predicted octanol–water partition coefficient (Wildman–Crippen LogP) is 4.23. The summed E-state index contributed by atoms with van der Waals surface area (Å²) in [5.74, 6) is -0.701. The first-order chi connectivity index (χ1) is 11.6. The van der Waals surface area contributed by atoms with Gasteiger partial charge < -0.3 is 5.32 Å². The van der Waals surface area contributed by atoms with Crippen molar-refractivity contribution in [2.24, 2.45) is 0 Å². The van der Waals surface area contributed by atoms with Crippen LogP contribution in [0.2, 0.25) is 0 Å². The number of anilines is 1. The lowest BCUT2D eigenvalue weighted by Crippen LogP contribution is -2.35. The molecule has 2 N–H and O–H groups in total. The van der Waals surface area contributed by atoms with Crippen molar-refractivity contribution in [1.82, 2.24) is 5.32 Å². The van der Waals surface area contributed by atoms with Crippen molar-refractivity contribution < 1.29 is 26.4 Å². The molecule has 0 unspecified atom stereocenters. The Labute approximate surface area is 159 Å². The second-order valence-corrected chi connectivity index (χ2v) is 9.87. The Morgan fingerprint density at radius 2 is 1.81 bits per heavy atom. The van der Waals surface area contributed by atoms with E-state index in [1.165, 1.54) is 32.9 Å². The number of alkyl halides is 3. The van der Waals surface area contributed by atoms with Crippen LogP contribution in [0.25, 0.3) is 0 Å². The summed E-state index contributed by atoms with van der Waals surface area (Å²) in [5.41, 5.74) is -0.930. The van der Waals surface area contributed by atoms with Gasteiger partial charge in [0, 0.05) is 16.6 Å². The molecule has 0 fully saturated rings. The van der Waals surface area contributed by atoms with Gasteiger partial charge in [-0.05, 0) is 45.4 Å². The fourth-order valence-electron chi connectivity index (χ4n) is 1.66. The number of hydrogen-bond acceptors (Lipinski definition) is 3. The molecular weight excluding hydrogens is 437 g/mol. The zero-order chi connectivity index (χ0) is 20.3. The van der Waals surface area contributed by atoms with Crippen LogP contribution in [0.4, 0.5) is 18.9 Å². The Bertz CT molecular complexity index is 800. The summed E-state index contributed by atoms with van der Waals surface area (Å²) in [6.07, 6.45) is -4.99. The Morgan fingerprint density at radius 3 is 2.31 bits per heavy atom. The van der Waals surface area contributed by atoms with Gasteiger partial charge in [-0.2, -0.15) is 13.2 Å². The fraction of sp³-hybridized carbons (Fsp3) is 0.438. The van der Waals surface area contributed by atoms with Crippen LogP contribution in [0.3, 0.4) is 0 Å². The van der Waals surface area contributed by atoms with Crippen molar-refractivity contribution in [3.8, 4) is 0 Å². The van der Waals surface area contributed by atoms with Gasteiger partial charge in [-0.15, -0.1) is 0 Å². The number of amides is 1. The molecule has 1 amide bonds. The molecular formula is C16H20BrF3N2O3S. The van der Waals surface area contributed by atoms with Crippen molar-refractivity contribution in [3.05, 3.63) is 40.4 Å². The van der Waals surface area contributed by atoms with Crippen molar-refractivity contribution in [3.63, 3.8) is 0 Å². The van der Waals surface area contributed by atoms with Crippen LogP contribution >= 0.6 is 15.9 Å². The third-order valence-corrected chi connectivity index (χ3v) is 5.98. The highest BCUT2D eigenvalue weighted by Gasteiger charge is 2.32. The summed E-state index contributed by atoms with van der Waals surface area (Å²) >= 11 is 3.18. The topological polar surface area (TPSA) is 75.3 Å². The number of sulfonamides is 1. The number of carbonyl (C=O) groups is 1. The molecule has 1 aromatic rings. The standard InChI is InChI=1S/C16H20BrF3N2O3S/c1-10(16(18,19)20)7-8-21-14(23)12-9-11(17)5-6-13(12)22-26(24,25)15(2,3)4/h5-6,9,22H,1,7-8H2,2-4H3,(H,21,23). The van der Waals surface area contributed by atoms with Gasteiger partial charge in [-0.3, -0.25) is 9.52 Å². The maximum Gasteiger partial charge on any atom is 0.412 e. The SMILES string of the molecule is C=C(CCNC(=O)c1cc(Br)ccc1NS(=O)(=O)C(C)(C)C)C(F)(F)F. The van der Waals surface area contributed by atoms with E-state index < -0.39 is 38.8 Å². The normalized spacial score (nSPS) is 12.6. The third kappa shape index (κ3) is 6.01. The van der Waals surface area contributed by atoms with E-state index in [0.29, 0.717) is 4.47 Å². The predicted molar refractivity (Wildman–Crippen MR) is 98.6 cm³/mol. The highest BCUT2D eigenvalue weighted by molar-refractivity contribution is 9.10. The van der Waals surface area contributed by atoms with E-state index in [9.17, 15) is 26.4 Å². The average molecular weight is 457 g/mol. The molecule has 0 radical (unpaired) electrons. The minimum absolute atomic E-state index is 0.00943. The number of benzene rings is 1. The molecule has 0 bridgehead atoms. The summed E-state index contributed by atoms with van der Waals surface area (Å²) in [4.78, 5) is 12.3. The number of hydrogen-bond donors (Lipinski definition) is 2. The molecule has 0 spiro atoms. The maximum absolute atomic E-state index is 12.4. The summed E-state index contributed by atoms with van der Waals surface area (Å²) < 4.78 is 63.6. The molecule has 5 nitrogen and oxygen atoms in total. The number of rotatable bonds is 6. The van der Waals surface area contributed by atoms with Crippen molar-refractivity contribution in [2.45, 2.75) is 38.1 Å². The first kappa shape index (κ1) is 22.5. The number of nitrogens with one attached hydrogen (secondary N) is 2. The fourth-order valence-corrected chi connectivity index (χ4v) is 2.79. The van der Waals surface area contributed by atoms with Gasteiger partial charge in [0.1, 0.15) is 0 Å². The zero-order valence-corrected chi connectivity index (χ0v) is 16.9. The van der Waals surface area contributed by atoms with Crippen molar-refractivity contribution >= 4 is 37.5 Å². The molecule has 0 aromatic heterocycles. The Kier molecular flexibility index (Phi) is 6.92. The van der Waals surface area contributed by atoms with Crippen molar-refractivity contribution in [1.29, 1.82) is 0 Å². The van der Waals surface area contributed by atoms with E-state index in [1.54, 1.807) is 6.07 Å². The van der Waals surface area contributed by atoms with Crippen LogP contribution in [-0.4, -0.2) is 31.8 Å². The van der Waals surface area contributed by atoms with Gasteiger partial charge in [0.05, 0.1) is 16.0 Å². The van der Waals surface area contributed by atoms with Crippen LogP contribution in [0.1, 0.15) is 37.6 Å². The lowest BCUT2D eigenvalue weighted by molar-refractivity contribution is -0.0934. The number of halogens is 4. The van der Waals surface area contributed by atoms with E-state index in [4.69, 9.17) is 0 Å². The lowest BCUT2D eigenvalue weighted by atomic mass is 10.1. The molecule has 0 aliphatic rings. The van der Waals surface area contributed by atoms with Crippen LogP contribution < -0.4 is 10.0 Å². The van der Waals surface area contributed by atoms with E-state index in [1.807, 2.05) is 0 Å². The van der Waals surface area contributed by atoms with E-state index in [-0.39, 0.29) is 17.8 Å². The summed E-state index contributed by atoms with van der Waals surface area (Å²) in [6, 6.07) is 4.33. The molecule has 10 heteroatoms. The quantitative estimate of drug-likeness (QED) is 0.628. The molecule has 0 heterocycles. The molecule has 0 saturated heterocycles. The van der Waals surface area contributed by atoms with E-state index in [2.05, 4.69) is 32.5 Å². The molecule has 0 atom stereocenters. The van der Waals surface area contributed by atoms with Crippen LogP contribution in [0.5, 0.6) is 0 Å². The molecule has 1 aromatic carbocycles. The Morgan fingerprint density at radius 1 is 1.23 bits per heavy atom. The Balaban J connectivity index is 2.97. The van der Waals surface area contributed by atoms with Gasteiger partial charge in [-0.25, -0.2) is 8.42 Å². The molecule has 0 aliphatic heterocycles. The summed E-state index contributed by atoms with van der Waals surface area (Å²) in [5, 5.41) is 2.34. The van der Waals surface area contributed by atoms with Gasteiger partial charge >= 0.3 is 6.18 Å². The van der Waals surface area contributed by atoms with Crippen LogP contribution in [0.15, 0.2) is 34.8 Å². The lowest BCUT2D eigenvalue weighted by Gasteiger charge is -2.22. The third-order valence-electron chi connectivity index (χ3n) is 3.39. The van der Waals surface area contributed by atoms with Gasteiger partial charge in [-0.1, -0.05) is 22.5 Å². The van der Waals surface area contributed by atoms with Gasteiger partial charge in [0.25, 0.3) is 5.91 Å². The largest absolute Gasteiger partial charge is 0.412 e. The van der Waals surface area contributed by atoms with Gasteiger partial charge in [0.15, 0.2) is 0 Å². The van der Waals surface area contributed by atoms with E-state index >= 15 is 0 Å². The maximum atomic E-state index is 12.4. The second kappa shape index (κ2) is 7.99. The first-order valence-corrected chi connectivity index (χ1v) is 9.78. The minimum atomic E-state index is -4.52. The van der Waals surface area contributed by atoms with E-state index in [0.717, 1.165) is 0 Å². The Hall–Kier alpha value is -1.55. The molecule has 26 heavy (non-hydrogen) atoms. The van der Waals surface area contributed by atoms with Crippen LogP contribution in [-0.2, 0) is 10.0 Å². The highest BCUT2D eigenvalue weighted by atomic mass is 79.9. The smallest absolute Gasteiger partial charge is 0.352 e. The first-order valence-electron chi connectivity index (χ1n) is 7.50. The molecule has 0 saturated carbocycles. The second-order valence-electron chi connectivity index (χ2n) is 6.51. The molecule has 146 valence electrons. The monoisotopic (exact) mass is 456 g/mol.